The van der Waals surface area contributed by atoms with Crippen LogP contribution in [0.3, 0.4) is 0 Å². The first kappa shape index (κ1) is 33.2. The zero-order valence-electron chi connectivity index (χ0n) is 27.4. The van der Waals surface area contributed by atoms with Gasteiger partial charge in [-0.2, -0.15) is 0 Å². The van der Waals surface area contributed by atoms with E-state index in [2.05, 4.69) is 72.3 Å². The molecule has 1 aromatic heterocycles. The monoisotopic (exact) mass is 582 g/mol. The molecule has 1 saturated carbocycles. The maximum atomic E-state index is 6.15. The molecule has 0 amide bonds. The number of hydrogen-bond donors (Lipinski definition) is 0. The maximum absolute atomic E-state index is 6.15. The summed E-state index contributed by atoms with van der Waals surface area (Å²) in [6.07, 6.45) is 29.7. The van der Waals surface area contributed by atoms with Gasteiger partial charge in [0.05, 0.1) is 6.61 Å². The van der Waals surface area contributed by atoms with Crippen LogP contribution in [0.25, 0.3) is 22.5 Å². The lowest BCUT2D eigenvalue weighted by Crippen LogP contribution is -2.20. The summed E-state index contributed by atoms with van der Waals surface area (Å²) in [6.45, 7) is 5.41. The van der Waals surface area contributed by atoms with Crippen LogP contribution in [0.4, 0.5) is 0 Å². The molecule has 3 aromatic rings. The molecule has 3 heteroatoms. The molecular formula is C40H58N2O. The molecule has 234 valence electrons. The summed E-state index contributed by atoms with van der Waals surface area (Å²) in [5.41, 5.74) is 4.72. The fraction of sp³-hybridized carbons (Fsp3) is 0.600. The van der Waals surface area contributed by atoms with Crippen molar-refractivity contribution < 1.29 is 4.74 Å². The van der Waals surface area contributed by atoms with Gasteiger partial charge in [-0.3, -0.25) is 0 Å². The van der Waals surface area contributed by atoms with E-state index in [0.717, 1.165) is 42.0 Å². The van der Waals surface area contributed by atoms with E-state index in [1.54, 1.807) is 0 Å². The van der Waals surface area contributed by atoms with Crippen molar-refractivity contribution in [3.8, 4) is 28.3 Å². The molecule has 0 saturated heterocycles. The first-order valence-electron chi connectivity index (χ1n) is 17.9. The summed E-state index contributed by atoms with van der Waals surface area (Å²) < 4.78 is 6.15. The van der Waals surface area contributed by atoms with Crippen molar-refractivity contribution in [2.75, 3.05) is 6.61 Å². The highest BCUT2D eigenvalue weighted by atomic mass is 16.5. The third-order valence-electron chi connectivity index (χ3n) is 9.59. The van der Waals surface area contributed by atoms with E-state index in [4.69, 9.17) is 4.74 Å². The van der Waals surface area contributed by atoms with Gasteiger partial charge in [0, 0.05) is 18.0 Å². The summed E-state index contributed by atoms with van der Waals surface area (Å²) in [7, 11) is 0. The van der Waals surface area contributed by atoms with Gasteiger partial charge in [-0.05, 0) is 66.3 Å². The van der Waals surface area contributed by atoms with Crippen LogP contribution >= 0.6 is 0 Å². The van der Waals surface area contributed by atoms with Crippen molar-refractivity contribution in [3.05, 3.63) is 66.5 Å². The Bertz CT molecular complexity index is 1120. The van der Waals surface area contributed by atoms with E-state index in [1.807, 2.05) is 12.4 Å². The van der Waals surface area contributed by atoms with E-state index in [9.17, 15) is 0 Å². The number of nitrogens with zero attached hydrogens (tertiary/aromatic N) is 2. The molecule has 0 radical (unpaired) electrons. The minimum absolute atomic E-state index is 0.801. The van der Waals surface area contributed by atoms with Gasteiger partial charge in [0.1, 0.15) is 5.75 Å². The lowest BCUT2D eigenvalue weighted by Gasteiger charge is -2.31. The first-order chi connectivity index (χ1) is 21.3. The molecular weight excluding hydrogens is 524 g/mol. The third-order valence-corrected chi connectivity index (χ3v) is 9.59. The molecule has 2 atom stereocenters. The average Bonchev–Trinajstić information content (AvgIpc) is 3.06. The highest BCUT2D eigenvalue weighted by molar-refractivity contribution is 5.68. The summed E-state index contributed by atoms with van der Waals surface area (Å²) >= 11 is 0. The molecule has 0 aliphatic heterocycles. The largest absolute Gasteiger partial charge is 0.494 e. The number of aryl methyl sites for hydroxylation is 1. The summed E-state index contributed by atoms with van der Waals surface area (Å²) in [6, 6.07) is 17.2. The Balaban J connectivity index is 1.16. The van der Waals surface area contributed by atoms with Crippen LogP contribution in [-0.4, -0.2) is 16.6 Å². The normalized spacial score (nSPS) is 16.8. The SMILES string of the molecule is CCCCCCCCCCc1cnc(-c2ccc(-c3ccc(OCCCC4CCCCC4CCCCC)cc3)cc2)nc1. The number of hydrogen-bond acceptors (Lipinski definition) is 3. The van der Waals surface area contributed by atoms with Crippen molar-refractivity contribution in [3.63, 3.8) is 0 Å². The zero-order chi connectivity index (χ0) is 30.0. The molecule has 0 bridgehead atoms. The van der Waals surface area contributed by atoms with Crippen molar-refractivity contribution in [2.24, 2.45) is 11.8 Å². The molecule has 2 aromatic carbocycles. The summed E-state index contributed by atoms with van der Waals surface area (Å²) in [4.78, 5) is 9.34. The molecule has 0 spiro atoms. The standard InChI is InChI=1S/C40H58N2O/c1-3-5-7-8-9-10-11-13-17-33-31-41-40(42-32-33)38-24-22-36(23-25-38)37-26-28-39(29-27-37)43-30-16-21-35-20-15-14-19-34(35)18-12-6-4-2/h22-29,31-32,34-35H,3-21,30H2,1-2H3. The Kier molecular flexibility index (Phi) is 15.1. The van der Waals surface area contributed by atoms with Gasteiger partial charge in [0.15, 0.2) is 5.82 Å². The minimum Gasteiger partial charge on any atom is -0.494 e. The number of aromatic nitrogens is 2. The average molecular weight is 583 g/mol. The van der Waals surface area contributed by atoms with Crippen LogP contribution in [0.5, 0.6) is 5.75 Å². The van der Waals surface area contributed by atoms with Crippen LogP contribution in [0.15, 0.2) is 60.9 Å². The van der Waals surface area contributed by atoms with Gasteiger partial charge in [-0.15, -0.1) is 0 Å². The molecule has 43 heavy (non-hydrogen) atoms. The van der Waals surface area contributed by atoms with E-state index in [0.29, 0.717) is 0 Å². The van der Waals surface area contributed by atoms with Gasteiger partial charge >= 0.3 is 0 Å². The van der Waals surface area contributed by atoms with Gasteiger partial charge < -0.3 is 4.74 Å². The Morgan fingerprint density at radius 1 is 0.581 bits per heavy atom. The Labute approximate surface area is 263 Å². The van der Waals surface area contributed by atoms with Crippen LogP contribution in [0.2, 0.25) is 0 Å². The quantitative estimate of drug-likeness (QED) is 0.124. The number of ether oxygens (including phenoxy) is 1. The lowest BCUT2D eigenvalue weighted by atomic mass is 9.74. The van der Waals surface area contributed by atoms with E-state index in [-0.39, 0.29) is 0 Å². The second-order valence-corrected chi connectivity index (χ2v) is 13.0. The van der Waals surface area contributed by atoms with Crippen LogP contribution in [0, 0.1) is 11.8 Å². The maximum Gasteiger partial charge on any atom is 0.159 e. The van der Waals surface area contributed by atoms with Crippen LogP contribution in [-0.2, 0) is 6.42 Å². The number of rotatable bonds is 20. The number of benzene rings is 2. The predicted molar refractivity (Wildman–Crippen MR) is 184 cm³/mol. The van der Waals surface area contributed by atoms with Gasteiger partial charge in [-0.25, -0.2) is 9.97 Å². The Hall–Kier alpha value is -2.68. The smallest absolute Gasteiger partial charge is 0.159 e. The molecule has 4 rings (SSSR count). The fourth-order valence-electron chi connectivity index (χ4n) is 6.89. The van der Waals surface area contributed by atoms with Crippen molar-refractivity contribution in [1.29, 1.82) is 0 Å². The van der Waals surface area contributed by atoms with Crippen molar-refractivity contribution >= 4 is 0 Å². The highest BCUT2D eigenvalue weighted by Crippen LogP contribution is 2.36. The van der Waals surface area contributed by atoms with E-state index in [1.165, 1.54) is 132 Å². The van der Waals surface area contributed by atoms with E-state index >= 15 is 0 Å². The highest BCUT2D eigenvalue weighted by Gasteiger charge is 2.24. The second-order valence-electron chi connectivity index (χ2n) is 13.0. The van der Waals surface area contributed by atoms with Gasteiger partial charge in [0.25, 0.3) is 0 Å². The molecule has 0 N–H and O–H groups in total. The topological polar surface area (TPSA) is 35.0 Å². The van der Waals surface area contributed by atoms with Crippen LogP contribution < -0.4 is 4.74 Å². The minimum atomic E-state index is 0.801. The molecule has 1 aliphatic carbocycles. The lowest BCUT2D eigenvalue weighted by molar-refractivity contribution is 0.190. The number of unbranched alkanes of at least 4 members (excludes halogenated alkanes) is 9. The summed E-state index contributed by atoms with van der Waals surface area (Å²) in [5, 5.41) is 0. The molecule has 1 aliphatic rings. The molecule has 1 fully saturated rings. The third kappa shape index (κ3) is 11.7. The first-order valence-corrected chi connectivity index (χ1v) is 17.9. The molecule has 1 heterocycles. The second kappa shape index (κ2) is 19.6. The molecule has 2 unspecified atom stereocenters. The zero-order valence-corrected chi connectivity index (χ0v) is 27.4. The van der Waals surface area contributed by atoms with Crippen LogP contribution in [0.1, 0.15) is 135 Å². The Morgan fingerprint density at radius 3 is 1.72 bits per heavy atom. The predicted octanol–water partition coefficient (Wildman–Crippen LogP) is 12.0. The van der Waals surface area contributed by atoms with Crippen molar-refractivity contribution in [1.82, 2.24) is 9.97 Å². The fourth-order valence-corrected chi connectivity index (χ4v) is 6.89. The van der Waals surface area contributed by atoms with E-state index < -0.39 is 0 Å². The molecule has 3 nitrogen and oxygen atoms in total. The Morgan fingerprint density at radius 2 is 1.09 bits per heavy atom. The van der Waals surface area contributed by atoms with Crippen molar-refractivity contribution in [2.45, 2.75) is 136 Å². The summed E-state index contributed by atoms with van der Waals surface area (Å²) in [5.74, 6) is 3.66. The van der Waals surface area contributed by atoms with Gasteiger partial charge in [-0.1, -0.05) is 147 Å². The van der Waals surface area contributed by atoms with Gasteiger partial charge in [0.2, 0.25) is 0 Å².